The van der Waals surface area contributed by atoms with Gasteiger partial charge in [-0.25, -0.2) is 4.98 Å². The Morgan fingerprint density at radius 1 is 1.10 bits per heavy atom. The van der Waals surface area contributed by atoms with Gasteiger partial charge in [0.15, 0.2) is 0 Å². The Hall–Kier alpha value is -2.70. The SMILES string of the molecule is CCN(CC)C(=O)c1ccc(NC(=O)c2sc(-c3cccc(Cl)c3)nc2C)cc1. The Morgan fingerprint density at radius 2 is 1.79 bits per heavy atom. The van der Waals surface area contributed by atoms with E-state index in [4.69, 9.17) is 11.6 Å². The van der Waals surface area contributed by atoms with Crippen molar-refractivity contribution >= 4 is 40.4 Å². The molecule has 1 aromatic heterocycles. The van der Waals surface area contributed by atoms with Crippen molar-refractivity contribution in [3.8, 4) is 10.6 Å². The lowest BCUT2D eigenvalue weighted by Gasteiger charge is -2.18. The molecule has 3 rings (SSSR count). The Morgan fingerprint density at radius 3 is 2.41 bits per heavy atom. The summed E-state index contributed by atoms with van der Waals surface area (Å²) >= 11 is 7.38. The van der Waals surface area contributed by atoms with Crippen LogP contribution < -0.4 is 5.32 Å². The number of hydrogen-bond donors (Lipinski definition) is 1. The van der Waals surface area contributed by atoms with Gasteiger partial charge in [-0.05, 0) is 57.2 Å². The molecule has 1 N–H and O–H groups in total. The summed E-state index contributed by atoms with van der Waals surface area (Å²) < 4.78 is 0. The molecule has 0 saturated heterocycles. The molecule has 0 radical (unpaired) electrons. The molecule has 2 amide bonds. The van der Waals surface area contributed by atoms with E-state index in [1.807, 2.05) is 39.0 Å². The summed E-state index contributed by atoms with van der Waals surface area (Å²) in [6, 6.07) is 14.3. The van der Waals surface area contributed by atoms with Gasteiger partial charge >= 0.3 is 0 Å². The van der Waals surface area contributed by atoms with E-state index in [0.717, 1.165) is 10.6 Å². The molecule has 150 valence electrons. The van der Waals surface area contributed by atoms with E-state index in [0.29, 0.717) is 39.9 Å². The zero-order valence-corrected chi connectivity index (χ0v) is 18.1. The highest BCUT2D eigenvalue weighted by atomic mass is 35.5. The summed E-state index contributed by atoms with van der Waals surface area (Å²) in [5.74, 6) is -0.242. The minimum atomic E-state index is -0.226. The van der Waals surface area contributed by atoms with Crippen LogP contribution in [0.25, 0.3) is 10.6 Å². The molecule has 1 heterocycles. The average molecular weight is 428 g/mol. The molecule has 2 aromatic carbocycles. The lowest BCUT2D eigenvalue weighted by atomic mass is 10.1. The van der Waals surface area contributed by atoms with Crippen molar-refractivity contribution in [2.75, 3.05) is 18.4 Å². The quantitative estimate of drug-likeness (QED) is 0.564. The Labute approximate surface area is 179 Å². The highest BCUT2D eigenvalue weighted by molar-refractivity contribution is 7.17. The first-order chi connectivity index (χ1) is 13.9. The third kappa shape index (κ3) is 4.83. The Kier molecular flexibility index (Phi) is 6.67. The van der Waals surface area contributed by atoms with Crippen molar-refractivity contribution in [2.45, 2.75) is 20.8 Å². The van der Waals surface area contributed by atoms with Crippen LogP contribution in [0, 0.1) is 6.92 Å². The summed E-state index contributed by atoms with van der Waals surface area (Å²) in [5, 5.41) is 4.25. The minimum absolute atomic E-state index is 0.0164. The number of carbonyl (C=O) groups excluding carboxylic acids is 2. The molecule has 0 bridgehead atoms. The molecular formula is C22H22ClN3O2S. The van der Waals surface area contributed by atoms with Crippen LogP contribution >= 0.6 is 22.9 Å². The van der Waals surface area contributed by atoms with E-state index in [1.54, 1.807) is 35.2 Å². The summed E-state index contributed by atoms with van der Waals surface area (Å²) in [6.07, 6.45) is 0. The lowest BCUT2D eigenvalue weighted by Crippen LogP contribution is -2.30. The molecule has 0 aliphatic carbocycles. The van der Waals surface area contributed by atoms with Crippen molar-refractivity contribution < 1.29 is 9.59 Å². The van der Waals surface area contributed by atoms with E-state index < -0.39 is 0 Å². The minimum Gasteiger partial charge on any atom is -0.339 e. The van der Waals surface area contributed by atoms with Gasteiger partial charge in [0.2, 0.25) is 0 Å². The van der Waals surface area contributed by atoms with Crippen LogP contribution in [0.15, 0.2) is 48.5 Å². The summed E-state index contributed by atoms with van der Waals surface area (Å²) in [6.45, 7) is 7.03. The zero-order valence-electron chi connectivity index (χ0n) is 16.5. The first kappa shape index (κ1) is 21.0. The first-order valence-electron chi connectivity index (χ1n) is 9.37. The second-order valence-corrected chi connectivity index (χ2v) is 7.89. The number of halogens is 1. The number of aromatic nitrogens is 1. The highest BCUT2D eigenvalue weighted by Gasteiger charge is 2.17. The number of benzene rings is 2. The number of aryl methyl sites for hydroxylation is 1. The van der Waals surface area contributed by atoms with Gasteiger partial charge in [-0.3, -0.25) is 9.59 Å². The molecule has 7 heteroatoms. The largest absolute Gasteiger partial charge is 0.339 e. The smallest absolute Gasteiger partial charge is 0.267 e. The second kappa shape index (κ2) is 9.20. The predicted octanol–water partition coefficient (Wildman–Crippen LogP) is 5.51. The molecule has 0 saturated carbocycles. The number of rotatable bonds is 6. The maximum absolute atomic E-state index is 12.7. The third-order valence-electron chi connectivity index (χ3n) is 4.51. The van der Waals surface area contributed by atoms with Gasteiger partial charge < -0.3 is 10.2 Å². The van der Waals surface area contributed by atoms with E-state index in [-0.39, 0.29) is 11.8 Å². The van der Waals surface area contributed by atoms with Crippen LogP contribution in [0.2, 0.25) is 5.02 Å². The topological polar surface area (TPSA) is 62.3 Å². The van der Waals surface area contributed by atoms with E-state index in [1.165, 1.54) is 11.3 Å². The number of anilines is 1. The number of thiazole rings is 1. The molecule has 0 fully saturated rings. The normalized spacial score (nSPS) is 10.6. The summed E-state index contributed by atoms with van der Waals surface area (Å²) in [4.78, 5) is 31.9. The van der Waals surface area contributed by atoms with E-state index in [9.17, 15) is 9.59 Å². The van der Waals surface area contributed by atoms with Crippen LogP contribution in [0.4, 0.5) is 5.69 Å². The molecule has 0 spiro atoms. The van der Waals surface area contributed by atoms with Crippen molar-refractivity contribution in [1.29, 1.82) is 0 Å². The van der Waals surface area contributed by atoms with E-state index >= 15 is 0 Å². The third-order valence-corrected chi connectivity index (χ3v) is 5.96. The summed E-state index contributed by atoms with van der Waals surface area (Å²) in [5.41, 5.74) is 2.77. The lowest BCUT2D eigenvalue weighted by molar-refractivity contribution is 0.0773. The van der Waals surface area contributed by atoms with Crippen LogP contribution in [0.5, 0.6) is 0 Å². The molecule has 0 unspecified atom stereocenters. The number of hydrogen-bond acceptors (Lipinski definition) is 4. The average Bonchev–Trinajstić information content (AvgIpc) is 3.11. The maximum Gasteiger partial charge on any atom is 0.267 e. The maximum atomic E-state index is 12.7. The van der Waals surface area contributed by atoms with Gasteiger partial charge in [0.05, 0.1) is 5.69 Å². The number of nitrogens with one attached hydrogen (secondary N) is 1. The fraction of sp³-hybridized carbons (Fsp3) is 0.227. The number of carbonyl (C=O) groups is 2. The van der Waals surface area contributed by atoms with Gasteiger partial charge in [-0.2, -0.15) is 0 Å². The molecule has 29 heavy (non-hydrogen) atoms. The van der Waals surface area contributed by atoms with Crippen molar-refractivity contribution in [2.24, 2.45) is 0 Å². The fourth-order valence-electron chi connectivity index (χ4n) is 2.93. The van der Waals surface area contributed by atoms with Crippen LogP contribution in [-0.2, 0) is 0 Å². The molecule has 0 aliphatic rings. The van der Waals surface area contributed by atoms with Crippen molar-refractivity contribution in [1.82, 2.24) is 9.88 Å². The van der Waals surface area contributed by atoms with Gasteiger partial charge in [0.25, 0.3) is 11.8 Å². The van der Waals surface area contributed by atoms with Gasteiger partial charge in [0, 0.05) is 34.9 Å². The van der Waals surface area contributed by atoms with E-state index in [2.05, 4.69) is 10.3 Å². The predicted molar refractivity (Wildman–Crippen MR) is 119 cm³/mol. The molecule has 0 aliphatic heterocycles. The molecule has 3 aromatic rings. The van der Waals surface area contributed by atoms with Crippen LogP contribution in [0.3, 0.4) is 0 Å². The number of amides is 2. The standard InChI is InChI=1S/C22H22ClN3O2S/c1-4-26(5-2)22(28)15-9-11-18(12-10-15)25-20(27)19-14(3)24-21(29-19)16-7-6-8-17(23)13-16/h6-13H,4-5H2,1-3H3,(H,25,27). The van der Waals surface area contributed by atoms with Gasteiger partial charge in [0.1, 0.15) is 9.88 Å². The van der Waals surface area contributed by atoms with Crippen LogP contribution in [0.1, 0.15) is 39.6 Å². The van der Waals surface area contributed by atoms with Crippen molar-refractivity contribution in [3.05, 3.63) is 69.7 Å². The van der Waals surface area contributed by atoms with Gasteiger partial charge in [-0.15, -0.1) is 11.3 Å². The van der Waals surface area contributed by atoms with Gasteiger partial charge in [-0.1, -0.05) is 23.7 Å². The van der Waals surface area contributed by atoms with Crippen LogP contribution in [-0.4, -0.2) is 34.8 Å². The molecule has 0 atom stereocenters. The Bertz CT molecular complexity index is 1030. The zero-order chi connectivity index (χ0) is 21.0. The molecular weight excluding hydrogens is 406 g/mol. The number of nitrogens with zero attached hydrogens (tertiary/aromatic N) is 2. The first-order valence-corrected chi connectivity index (χ1v) is 10.6. The Balaban J connectivity index is 1.75. The van der Waals surface area contributed by atoms with Crippen molar-refractivity contribution in [3.63, 3.8) is 0 Å². The second-order valence-electron chi connectivity index (χ2n) is 6.45. The monoisotopic (exact) mass is 427 g/mol. The highest BCUT2D eigenvalue weighted by Crippen LogP contribution is 2.30. The summed E-state index contributed by atoms with van der Waals surface area (Å²) in [7, 11) is 0. The molecule has 5 nitrogen and oxygen atoms in total. The fourth-order valence-corrected chi connectivity index (χ4v) is 4.08.